The van der Waals surface area contributed by atoms with Crippen LogP contribution in [0.2, 0.25) is 0 Å². The van der Waals surface area contributed by atoms with Crippen molar-refractivity contribution in [1.82, 2.24) is 0 Å². The predicted octanol–water partition coefficient (Wildman–Crippen LogP) is 1.78. The Hall–Kier alpha value is -1.63. The first kappa shape index (κ1) is 11.4. The lowest BCUT2D eigenvalue weighted by Gasteiger charge is -2.13. The summed E-state index contributed by atoms with van der Waals surface area (Å²) in [6.07, 6.45) is 0. The number of hydrogen-bond acceptors (Lipinski definition) is 3. The topological polar surface area (TPSA) is 69.2 Å². The summed E-state index contributed by atoms with van der Waals surface area (Å²) in [6.45, 7) is -0.982. The lowest BCUT2D eigenvalue weighted by molar-refractivity contribution is -0.387. The number of hydrogen-bond donors (Lipinski definition) is 1. The summed E-state index contributed by atoms with van der Waals surface area (Å²) in [5, 5.41) is 10.2. The van der Waals surface area contributed by atoms with Crippen molar-refractivity contribution in [1.29, 1.82) is 0 Å². The first-order chi connectivity index (χ1) is 6.88. The van der Waals surface area contributed by atoms with Gasteiger partial charge in [0.1, 0.15) is 0 Å². The van der Waals surface area contributed by atoms with Crippen LogP contribution in [0.1, 0.15) is 5.56 Å². The van der Waals surface area contributed by atoms with Gasteiger partial charge in [-0.15, -0.1) is 0 Å². The molecular formula is C8H7F3N2O2. The second-order valence-corrected chi connectivity index (χ2v) is 2.83. The van der Waals surface area contributed by atoms with Crippen LogP contribution in [0.25, 0.3) is 0 Å². The minimum Gasteiger partial charge on any atom is -0.325 e. The normalized spacial score (nSPS) is 11.5. The zero-order valence-corrected chi connectivity index (χ0v) is 7.41. The summed E-state index contributed by atoms with van der Waals surface area (Å²) in [5.74, 6) is -4.68. The maximum Gasteiger partial charge on any atom is 0.304 e. The van der Waals surface area contributed by atoms with Gasteiger partial charge in [-0.25, -0.2) is 0 Å². The van der Waals surface area contributed by atoms with Gasteiger partial charge in [0, 0.05) is 11.6 Å². The van der Waals surface area contributed by atoms with Crippen molar-refractivity contribution in [2.24, 2.45) is 5.73 Å². The molecule has 82 valence electrons. The Morgan fingerprint density at radius 2 is 2.07 bits per heavy atom. The zero-order valence-electron chi connectivity index (χ0n) is 7.41. The molecule has 1 aromatic carbocycles. The van der Waals surface area contributed by atoms with E-state index in [1.165, 1.54) is 0 Å². The average Bonchev–Trinajstić information content (AvgIpc) is 2.17. The average molecular weight is 220 g/mol. The molecule has 7 heteroatoms. The molecule has 0 unspecified atom stereocenters. The summed E-state index contributed by atoms with van der Waals surface area (Å²) < 4.78 is 38.8. The van der Waals surface area contributed by atoms with E-state index in [2.05, 4.69) is 0 Å². The maximum absolute atomic E-state index is 13.0. The van der Waals surface area contributed by atoms with Crippen molar-refractivity contribution in [2.45, 2.75) is 5.92 Å². The molecule has 0 amide bonds. The predicted molar refractivity (Wildman–Crippen MR) is 46.0 cm³/mol. The van der Waals surface area contributed by atoms with Gasteiger partial charge in [0.15, 0.2) is 0 Å². The number of nitro benzene ring substituents is 1. The van der Waals surface area contributed by atoms with Crippen LogP contribution < -0.4 is 5.73 Å². The maximum atomic E-state index is 13.0. The molecule has 1 aromatic rings. The molecule has 0 fully saturated rings. The minimum atomic E-state index is -3.38. The fraction of sp³-hybridized carbons (Fsp3) is 0.250. The number of nitrogens with two attached hydrogens (primary N) is 1. The molecule has 1 rings (SSSR count). The van der Waals surface area contributed by atoms with Crippen molar-refractivity contribution >= 4 is 5.69 Å². The molecule has 0 aromatic heterocycles. The van der Waals surface area contributed by atoms with Gasteiger partial charge in [-0.1, -0.05) is 0 Å². The van der Waals surface area contributed by atoms with Crippen molar-refractivity contribution in [3.8, 4) is 0 Å². The van der Waals surface area contributed by atoms with Crippen LogP contribution >= 0.6 is 0 Å². The first-order valence-electron chi connectivity index (χ1n) is 3.91. The largest absolute Gasteiger partial charge is 0.325 e. The minimum absolute atomic E-state index is 0.422. The third-order valence-electron chi connectivity index (χ3n) is 1.82. The highest BCUT2D eigenvalue weighted by molar-refractivity contribution is 5.36. The molecule has 0 heterocycles. The van der Waals surface area contributed by atoms with Crippen molar-refractivity contribution in [3.63, 3.8) is 0 Å². The highest BCUT2D eigenvalue weighted by Gasteiger charge is 2.31. The van der Waals surface area contributed by atoms with Crippen molar-refractivity contribution < 1.29 is 18.1 Å². The Labute approximate surface area is 82.7 Å². The number of benzene rings is 1. The fourth-order valence-corrected chi connectivity index (χ4v) is 1.00. The number of nitro groups is 1. The molecule has 0 radical (unpaired) electrons. The Kier molecular flexibility index (Phi) is 2.94. The van der Waals surface area contributed by atoms with Gasteiger partial charge in [0.05, 0.1) is 11.5 Å². The number of nitrogens with zero attached hydrogens (tertiary/aromatic N) is 1. The molecule has 0 saturated carbocycles. The standard InChI is InChI=1S/C8H7F3N2O2/c9-6-3-5(8(10,11)4-12)1-2-7(6)13(14)15/h1-3H,4,12H2. The number of rotatable bonds is 3. The molecule has 0 saturated heterocycles. The SMILES string of the molecule is NCC(F)(F)c1ccc([N+](=O)[O-])c(F)c1. The Morgan fingerprint density at radius 3 is 2.47 bits per heavy atom. The molecule has 15 heavy (non-hydrogen) atoms. The van der Waals surface area contributed by atoms with Gasteiger partial charge in [-0.3, -0.25) is 10.1 Å². The highest BCUT2D eigenvalue weighted by atomic mass is 19.3. The lowest BCUT2D eigenvalue weighted by atomic mass is 10.1. The number of alkyl halides is 2. The molecular weight excluding hydrogens is 213 g/mol. The van der Waals surface area contributed by atoms with Gasteiger partial charge in [-0.05, 0) is 12.1 Å². The van der Waals surface area contributed by atoms with Gasteiger partial charge < -0.3 is 5.73 Å². The van der Waals surface area contributed by atoms with E-state index in [1.54, 1.807) is 0 Å². The lowest BCUT2D eigenvalue weighted by Crippen LogP contribution is -2.25. The van der Waals surface area contributed by atoms with E-state index in [0.29, 0.717) is 12.1 Å². The Bertz CT molecular complexity index is 395. The number of halogens is 3. The monoisotopic (exact) mass is 220 g/mol. The summed E-state index contributed by atoms with van der Waals surface area (Å²) in [7, 11) is 0. The molecule has 0 atom stereocenters. The van der Waals surface area contributed by atoms with E-state index in [1.807, 2.05) is 0 Å². The molecule has 2 N–H and O–H groups in total. The Morgan fingerprint density at radius 1 is 1.47 bits per heavy atom. The van der Waals surface area contributed by atoms with Gasteiger partial charge in [0.25, 0.3) is 5.92 Å². The second kappa shape index (κ2) is 3.85. The third kappa shape index (κ3) is 2.24. The molecule has 0 bridgehead atoms. The van der Waals surface area contributed by atoms with Crippen molar-refractivity contribution in [3.05, 3.63) is 39.7 Å². The Balaban J connectivity index is 3.18. The summed E-state index contributed by atoms with van der Waals surface area (Å²) >= 11 is 0. The second-order valence-electron chi connectivity index (χ2n) is 2.83. The first-order valence-corrected chi connectivity index (χ1v) is 3.91. The molecule has 0 aliphatic heterocycles. The van der Waals surface area contributed by atoms with Crippen LogP contribution in [-0.2, 0) is 5.92 Å². The van der Waals surface area contributed by atoms with Crippen LogP contribution in [0.15, 0.2) is 18.2 Å². The van der Waals surface area contributed by atoms with E-state index in [9.17, 15) is 23.3 Å². The summed E-state index contributed by atoms with van der Waals surface area (Å²) in [5.41, 5.74) is 3.27. The fourth-order valence-electron chi connectivity index (χ4n) is 1.00. The van der Waals surface area contributed by atoms with Crippen LogP contribution in [0.3, 0.4) is 0 Å². The van der Waals surface area contributed by atoms with Crippen molar-refractivity contribution in [2.75, 3.05) is 6.54 Å². The molecule has 4 nitrogen and oxygen atoms in total. The molecule has 0 spiro atoms. The zero-order chi connectivity index (χ0) is 11.6. The highest BCUT2D eigenvalue weighted by Crippen LogP contribution is 2.29. The molecule has 0 aliphatic carbocycles. The van der Waals surface area contributed by atoms with Gasteiger partial charge in [-0.2, -0.15) is 13.2 Å². The third-order valence-corrected chi connectivity index (χ3v) is 1.82. The summed E-state index contributed by atoms with van der Waals surface area (Å²) in [6, 6.07) is 1.90. The van der Waals surface area contributed by atoms with Crippen LogP contribution in [0.5, 0.6) is 0 Å². The van der Waals surface area contributed by atoms with Crippen LogP contribution in [-0.4, -0.2) is 11.5 Å². The van der Waals surface area contributed by atoms with E-state index in [0.717, 1.165) is 6.07 Å². The quantitative estimate of drug-likeness (QED) is 0.623. The van der Waals surface area contributed by atoms with Gasteiger partial charge >= 0.3 is 5.69 Å². The van der Waals surface area contributed by atoms with E-state index < -0.39 is 34.5 Å². The van der Waals surface area contributed by atoms with E-state index in [4.69, 9.17) is 5.73 Å². The van der Waals surface area contributed by atoms with E-state index >= 15 is 0 Å². The van der Waals surface area contributed by atoms with E-state index in [-0.39, 0.29) is 0 Å². The smallest absolute Gasteiger partial charge is 0.304 e. The molecule has 0 aliphatic rings. The van der Waals surface area contributed by atoms with Crippen LogP contribution in [0, 0.1) is 15.9 Å². The van der Waals surface area contributed by atoms with Crippen LogP contribution in [0.4, 0.5) is 18.9 Å². The van der Waals surface area contributed by atoms with Gasteiger partial charge in [0.2, 0.25) is 5.82 Å². The summed E-state index contributed by atoms with van der Waals surface area (Å²) in [4.78, 5) is 9.22.